The number of hydrogen-bond donors (Lipinski definition) is 3. The molecule has 1 atom stereocenters. The summed E-state index contributed by atoms with van der Waals surface area (Å²) in [6.07, 6.45) is 6.02. The van der Waals surface area contributed by atoms with Gasteiger partial charge in [0.15, 0.2) is 11.5 Å². The number of amides is 1. The molecule has 180 valence electrons. The zero-order valence-electron chi connectivity index (χ0n) is 19.5. The highest BCUT2D eigenvalue weighted by Gasteiger charge is 2.38. The van der Waals surface area contributed by atoms with Crippen molar-refractivity contribution in [1.29, 1.82) is 0 Å². The average Bonchev–Trinajstić information content (AvgIpc) is 2.80. The molecule has 0 spiro atoms. The molecule has 0 aliphatic heterocycles. The summed E-state index contributed by atoms with van der Waals surface area (Å²) >= 11 is 0. The molecule has 0 radical (unpaired) electrons. The standard InChI is InChI=1S/C24H33FN4O4/c1-24(15-33-3,29(2)14-17-7-5-4-6-8-17)23-27-19(20(30)22(32)28-23)21(31)26-13-16-9-11-18(25)12-10-16/h9-12,17,30H,4-8,13-15H2,1-3H3,(H,26,31)(H,27,28,32). The molecule has 1 aliphatic rings. The zero-order valence-corrected chi connectivity index (χ0v) is 19.5. The molecule has 3 N–H and O–H groups in total. The molecule has 1 unspecified atom stereocenters. The van der Waals surface area contributed by atoms with Crippen LogP contribution in [0.5, 0.6) is 11.6 Å². The number of hydrogen-bond acceptors (Lipinski definition) is 7. The second kappa shape index (κ2) is 10.9. The highest BCUT2D eigenvalue weighted by atomic mass is 19.1. The van der Waals surface area contributed by atoms with Gasteiger partial charge in [0.25, 0.3) is 11.8 Å². The molecule has 33 heavy (non-hydrogen) atoms. The minimum atomic E-state index is -0.830. The summed E-state index contributed by atoms with van der Waals surface area (Å²) < 4.78 is 18.6. The number of ether oxygens (including phenoxy) is 1. The summed E-state index contributed by atoms with van der Waals surface area (Å²) in [5, 5.41) is 23.2. The SMILES string of the molecule is COCC(C)(c1nc(O)c(O)c(C(=O)NCc2ccc(F)cc2)n1)N(C)CC1CCCCC1. The lowest BCUT2D eigenvalue weighted by atomic mass is 9.87. The first-order chi connectivity index (χ1) is 15.7. The number of aromatic hydroxyl groups is 2. The largest absolute Gasteiger partial charge is 0.501 e. The van der Waals surface area contributed by atoms with Crippen LogP contribution in [0.2, 0.25) is 0 Å². The molecule has 0 saturated heterocycles. The van der Waals surface area contributed by atoms with Crippen LogP contribution in [0.3, 0.4) is 0 Å². The quantitative estimate of drug-likeness (QED) is 0.527. The number of likely N-dealkylation sites (N-methyl/N-ethyl adjacent to an activating group) is 1. The van der Waals surface area contributed by atoms with E-state index in [4.69, 9.17) is 4.74 Å². The van der Waals surface area contributed by atoms with E-state index in [1.54, 1.807) is 19.2 Å². The van der Waals surface area contributed by atoms with Gasteiger partial charge in [-0.25, -0.2) is 9.37 Å². The van der Waals surface area contributed by atoms with Crippen LogP contribution in [0.25, 0.3) is 0 Å². The zero-order chi connectivity index (χ0) is 24.0. The van der Waals surface area contributed by atoms with Gasteiger partial charge < -0.3 is 20.3 Å². The van der Waals surface area contributed by atoms with E-state index in [0.717, 1.165) is 19.4 Å². The van der Waals surface area contributed by atoms with Gasteiger partial charge in [0.2, 0.25) is 5.75 Å². The number of benzene rings is 1. The minimum Gasteiger partial charge on any atom is -0.501 e. The molecule has 8 nitrogen and oxygen atoms in total. The van der Waals surface area contributed by atoms with Crippen LogP contribution in [0.1, 0.15) is 60.9 Å². The lowest BCUT2D eigenvalue weighted by Gasteiger charge is -2.39. The fraction of sp³-hybridized carbons (Fsp3) is 0.542. The van der Waals surface area contributed by atoms with Crippen LogP contribution in [0, 0.1) is 11.7 Å². The number of methoxy groups -OCH3 is 1. The van der Waals surface area contributed by atoms with E-state index in [0.29, 0.717) is 11.5 Å². The Hall–Kier alpha value is -2.78. The van der Waals surface area contributed by atoms with Crippen molar-refractivity contribution in [3.8, 4) is 11.6 Å². The molecule has 1 saturated carbocycles. The maximum absolute atomic E-state index is 13.1. The third kappa shape index (κ3) is 5.97. The molecular formula is C24H33FN4O4. The Morgan fingerprint density at radius 1 is 1.21 bits per heavy atom. The van der Waals surface area contributed by atoms with Crippen LogP contribution < -0.4 is 5.32 Å². The molecule has 1 heterocycles. The van der Waals surface area contributed by atoms with Crippen LogP contribution in [0.15, 0.2) is 24.3 Å². The Kier molecular flexibility index (Phi) is 8.20. The number of carbonyl (C=O) groups is 1. The fourth-order valence-electron chi connectivity index (χ4n) is 4.30. The van der Waals surface area contributed by atoms with Gasteiger partial charge in [-0.05, 0) is 50.4 Å². The topological polar surface area (TPSA) is 108 Å². The Balaban J connectivity index is 1.84. The van der Waals surface area contributed by atoms with Gasteiger partial charge in [-0.15, -0.1) is 0 Å². The number of nitrogens with zero attached hydrogens (tertiary/aromatic N) is 3. The van der Waals surface area contributed by atoms with Gasteiger partial charge in [0.05, 0.1) is 6.61 Å². The van der Waals surface area contributed by atoms with E-state index in [9.17, 15) is 19.4 Å². The van der Waals surface area contributed by atoms with Crippen molar-refractivity contribution in [2.75, 3.05) is 27.3 Å². The monoisotopic (exact) mass is 460 g/mol. The van der Waals surface area contributed by atoms with Gasteiger partial charge in [-0.3, -0.25) is 9.69 Å². The molecule has 2 aromatic rings. The van der Waals surface area contributed by atoms with E-state index in [-0.39, 0.29) is 30.5 Å². The minimum absolute atomic E-state index is 0.107. The van der Waals surface area contributed by atoms with Gasteiger partial charge in [0, 0.05) is 20.2 Å². The van der Waals surface area contributed by atoms with Crippen LogP contribution in [0.4, 0.5) is 4.39 Å². The normalized spacial score (nSPS) is 16.5. The Morgan fingerprint density at radius 3 is 2.52 bits per heavy atom. The molecule has 0 bridgehead atoms. The number of nitrogens with one attached hydrogen (secondary N) is 1. The van der Waals surface area contributed by atoms with Crippen molar-refractivity contribution in [2.45, 2.75) is 51.1 Å². The first-order valence-electron chi connectivity index (χ1n) is 11.3. The average molecular weight is 461 g/mol. The molecule has 1 amide bonds. The van der Waals surface area contributed by atoms with Crippen LogP contribution in [-0.4, -0.2) is 58.3 Å². The van der Waals surface area contributed by atoms with Crippen molar-refractivity contribution in [3.05, 3.63) is 47.2 Å². The third-order valence-electron chi connectivity index (χ3n) is 6.45. The second-order valence-corrected chi connectivity index (χ2v) is 8.97. The van der Waals surface area contributed by atoms with Crippen molar-refractivity contribution < 1.29 is 24.1 Å². The smallest absolute Gasteiger partial charge is 0.274 e. The van der Waals surface area contributed by atoms with Gasteiger partial charge >= 0.3 is 0 Å². The predicted molar refractivity (Wildman–Crippen MR) is 121 cm³/mol. The van der Waals surface area contributed by atoms with Crippen LogP contribution in [-0.2, 0) is 16.8 Å². The van der Waals surface area contributed by atoms with E-state index >= 15 is 0 Å². The van der Waals surface area contributed by atoms with Gasteiger partial charge in [-0.1, -0.05) is 31.4 Å². The van der Waals surface area contributed by atoms with Crippen molar-refractivity contribution >= 4 is 5.91 Å². The number of carbonyl (C=O) groups excluding carboxylic acids is 1. The van der Waals surface area contributed by atoms with E-state index < -0.39 is 23.1 Å². The molecule has 3 rings (SSSR count). The maximum atomic E-state index is 13.1. The second-order valence-electron chi connectivity index (χ2n) is 8.97. The first-order valence-corrected chi connectivity index (χ1v) is 11.3. The summed E-state index contributed by atoms with van der Waals surface area (Å²) in [6.45, 7) is 3.04. The van der Waals surface area contributed by atoms with Gasteiger partial charge in [-0.2, -0.15) is 4.98 Å². The van der Waals surface area contributed by atoms with Gasteiger partial charge in [0.1, 0.15) is 11.4 Å². The highest BCUT2D eigenvalue weighted by molar-refractivity contribution is 5.95. The molecule has 9 heteroatoms. The van der Waals surface area contributed by atoms with Crippen molar-refractivity contribution in [3.63, 3.8) is 0 Å². The molecular weight excluding hydrogens is 427 g/mol. The Bertz CT molecular complexity index is 950. The number of rotatable bonds is 9. The summed E-state index contributed by atoms with van der Waals surface area (Å²) in [6, 6.07) is 5.69. The van der Waals surface area contributed by atoms with E-state index in [2.05, 4.69) is 20.2 Å². The van der Waals surface area contributed by atoms with Crippen LogP contribution >= 0.6 is 0 Å². The lowest BCUT2D eigenvalue weighted by molar-refractivity contribution is 0.0162. The highest BCUT2D eigenvalue weighted by Crippen LogP contribution is 2.34. The maximum Gasteiger partial charge on any atom is 0.274 e. The summed E-state index contributed by atoms with van der Waals surface area (Å²) in [4.78, 5) is 23.3. The summed E-state index contributed by atoms with van der Waals surface area (Å²) in [5.41, 5.74) is -0.476. The lowest BCUT2D eigenvalue weighted by Crippen LogP contribution is -2.48. The molecule has 1 aliphatic carbocycles. The molecule has 1 aromatic heterocycles. The third-order valence-corrected chi connectivity index (χ3v) is 6.45. The summed E-state index contributed by atoms with van der Waals surface area (Å²) in [5.74, 6) is -1.67. The summed E-state index contributed by atoms with van der Waals surface area (Å²) in [7, 11) is 3.53. The predicted octanol–water partition coefficient (Wildman–Crippen LogP) is 3.33. The molecule has 1 aromatic carbocycles. The van der Waals surface area contributed by atoms with Crippen molar-refractivity contribution in [1.82, 2.24) is 20.2 Å². The number of halogens is 1. The Morgan fingerprint density at radius 2 is 1.88 bits per heavy atom. The molecule has 1 fully saturated rings. The fourth-order valence-corrected chi connectivity index (χ4v) is 4.30. The van der Waals surface area contributed by atoms with E-state index in [1.165, 1.54) is 31.4 Å². The Labute approximate surface area is 193 Å². The van der Waals surface area contributed by atoms with E-state index in [1.807, 2.05) is 14.0 Å². The first kappa shape index (κ1) is 24.9. The van der Waals surface area contributed by atoms with Crippen molar-refractivity contribution in [2.24, 2.45) is 5.92 Å². The number of aromatic nitrogens is 2.